The number of carbonyl (C=O) groups is 1. The van der Waals surface area contributed by atoms with Gasteiger partial charge in [-0.15, -0.1) is 0 Å². The maximum atomic E-state index is 13.3. The quantitative estimate of drug-likeness (QED) is 0.249. The van der Waals surface area contributed by atoms with E-state index >= 15 is 0 Å². The van der Waals surface area contributed by atoms with E-state index in [1.807, 2.05) is 30.3 Å². The molecular weight excluding hydrogens is 630 g/mol. The lowest BCUT2D eigenvalue weighted by Gasteiger charge is -2.42. The number of benzene rings is 3. The van der Waals surface area contributed by atoms with Crippen LogP contribution >= 0.6 is 0 Å². The molecule has 3 fully saturated rings. The van der Waals surface area contributed by atoms with Gasteiger partial charge in [-0.25, -0.2) is 4.79 Å². The molecule has 0 bridgehead atoms. The van der Waals surface area contributed by atoms with Crippen molar-refractivity contribution in [3.8, 4) is 12.1 Å². The second-order valence-electron chi connectivity index (χ2n) is 14.0. The summed E-state index contributed by atoms with van der Waals surface area (Å²) in [5.41, 5.74) is 4.35. The van der Waals surface area contributed by atoms with Crippen LogP contribution in [0.15, 0.2) is 72.8 Å². The molecule has 4 aromatic rings. The first-order chi connectivity index (χ1) is 24.5. The molecule has 3 aromatic carbocycles. The predicted octanol–water partition coefficient (Wildman–Crippen LogP) is 5.18. The normalized spacial score (nSPS) is 21.5. The van der Waals surface area contributed by atoms with Gasteiger partial charge in [0.1, 0.15) is 25.1 Å². The van der Waals surface area contributed by atoms with E-state index in [1.54, 1.807) is 4.90 Å². The largest absolute Gasteiger partial charge is 0.461 e. The molecular formula is C39H43N7O4. The van der Waals surface area contributed by atoms with Crippen LogP contribution in [0.1, 0.15) is 36.1 Å². The van der Waals surface area contributed by atoms with Gasteiger partial charge >= 0.3 is 12.1 Å². The SMILES string of the molecule is CN1C[C@H](COc2nc3c(c(N4CCN(C(=O)OCc5ccccc5)[C@@H](CC#N)C4)n2)CCN(c2cccc4ccccc24)C3)OCC12CC2. The number of hydrogen-bond acceptors (Lipinski definition) is 10. The third-order valence-electron chi connectivity index (χ3n) is 10.8. The molecule has 4 aliphatic rings. The fourth-order valence-corrected chi connectivity index (χ4v) is 7.65. The first kappa shape index (κ1) is 32.3. The highest BCUT2D eigenvalue weighted by Crippen LogP contribution is 2.43. The number of piperazine rings is 1. The van der Waals surface area contributed by atoms with Crippen LogP contribution in [0.3, 0.4) is 0 Å². The summed E-state index contributed by atoms with van der Waals surface area (Å²) < 4.78 is 18.3. The number of likely N-dealkylation sites (N-methyl/N-ethyl adjacent to an activating group) is 1. The molecule has 1 amide bonds. The number of amides is 1. The molecule has 258 valence electrons. The number of ether oxygens (including phenoxy) is 3. The fourth-order valence-electron chi connectivity index (χ4n) is 7.65. The van der Waals surface area contributed by atoms with Gasteiger partial charge in [0.2, 0.25) is 0 Å². The molecule has 1 aromatic heterocycles. The predicted molar refractivity (Wildman–Crippen MR) is 190 cm³/mol. The standard InChI is InChI=1S/C39H43N7O4/c1-43-23-31(50-27-39(43)16-17-39)26-48-37-41-34-24-44(35-13-7-11-29-10-5-6-12-32(29)35)19-15-33(34)36(42-37)45-20-21-46(30(22-45)14-18-40)38(47)49-25-28-8-3-2-4-9-28/h2-13,30-31H,14-17,19-27H2,1H3/t30-,31+/m0/s1. The molecule has 1 spiro atoms. The summed E-state index contributed by atoms with van der Waals surface area (Å²) in [5.74, 6) is 0.821. The van der Waals surface area contributed by atoms with Gasteiger partial charge in [0.05, 0.1) is 37.4 Å². The summed E-state index contributed by atoms with van der Waals surface area (Å²) in [5, 5.41) is 12.2. The molecule has 0 N–H and O–H groups in total. The van der Waals surface area contributed by atoms with Gasteiger partial charge in [0.15, 0.2) is 0 Å². The molecule has 2 saturated heterocycles. The zero-order valence-corrected chi connectivity index (χ0v) is 28.5. The van der Waals surface area contributed by atoms with Crippen LogP contribution in [-0.2, 0) is 29.0 Å². The zero-order chi connectivity index (χ0) is 34.1. The van der Waals surface area contributed by atoms with Gasteiger partial charge in [0.25, 0.3) is 0 Å². The molecule has 11 nitrogen and oxygen atoms in total. The lowest BCUT2D eigenvalue weighted by Crippen LogP contribution is -2.55. The van der Waals surface area contributed by atoms with E-state index in [0.717, 1.165) is 48.8 Å². The lowest BCUT2D eigenvalue weighted by molar-refractivity contribution is -0.0799. The number of rotatable bonds is 8. The molecule has 4 heterocycles. The maximum Gasteiger partial charge on any atom is 0.410 e. The number of nitrogens with zero attached hydrogens (tertiary/aromatic N) is 7. The van der Waals surface area contributed by atoms with Crippen molar-refractivity contribution in [2.75, 3.05) is 62.8 Å². The third-order valence-corrected chi connectivity index (χ3v) is 10.8. The zero-order valence-electron chi connectivity index (χ0n) is 28.5. The molecule has 50 heavy (non-hydrogen) atoms. The van der Waals surface area contributed by atoms with Crippen LogP contribution in [0.5, 0.6) is 6.01 Å². The fraction of sp³-hybridized carbons (Fsp3) is 0.436. The van der Waals surface area contributed by atoms with Gasteiger partial charge in [-0.3, -0.25) is 4.90 Å². The Bertz CT molecular complexity index is 1890. The highest BCUT2D eigenvalue weighted by molar-refractivity contribution is 5.94. The summed E-state index contributed by atoms with van der Waals surface area (Å²) in [6.45, 7) is 4.96. The first-order valence-electron chi connectivity index (χ1n) is 17.7. The summed E-state index contributed by atoms with van der Waals surface area (Å²) in [7, 11) is 2.17. The number of aromatic nitrogens is 2. The molecule has 3 aliphatic heterocycles. The number of fused-ring (bicyclic) bond motifs is 2. The van der Waals surface area contributed by atoms with E-state index in [4.69, 9.17) is 24.2 Å². The van der Waals surface area contributed by atoms with Crippen molar-refractivity contribution in [2.45, 2.75) is 56.5 Å². The third kappa shape index (κ3) is 6.53. The molecule has 8 rings (SSSR count). The minimum Gasteiger partial charge on any atom is -0.461 e. The smallest absolute Gasteiger partial charge is 0.410 e. The summed E-state index contributed by atoms with van der Waals surface area (Å²) in [6.07, 6.45) is 2.86. The number of carbonyl (C=O) groups excluding carboxylic acids is 1. The van der Waals surface area contributed by atoms with Crippen LogP contribution < -0.4 is 14.5 Å². The van der Waals surface area contributed by atoms with Crippen LogP contribution in [0.4, 0.5) is 16.3 Å². The Morgan fingerprint density at radius 2 is 1.80 bits per heavy atom. The number of anilines is 2. The Morgan fingerprint density at radius 1 is 0.980 bits per heavy atom. The van der Waals surface area contributed by atoms with Crippen LogP contribution in [-0.4, -0.2) is 96.5 Å². The average molecular weight is 674 g/mol. The Hall–Kier alpha value is -4.92. The highest BCUT2D eigenvalue weighted by atomic mass is 16.6. The molecule has 1 saturated carbocycles. The van der Waals surface area contributed by atoms with Gasteiger partial charge < -0.3 is 28.9 Å². The van der Waals surface area contributed by atoms with Crippen molar-refractivity contribution in [3.05, 3.63) is 89.6 Å². The number of nitriles is 1. The first-order valence-corrected chi connectivity index (χ1v) is 17.7. The Morgan fingerprint density at radius 3 is 2.62 bits per heavy atom. The lowest BCUT2D eigenvalue weighted by atomic mass is 10.0. The second kappa shape index (κ2) is 13.8. The van der Waals surface area contributed by atoms with Gasteiger partial charge in [-0.2, -0.15) is 15.2 Å². The molecule has 11 heteroatoms. The minimum absolute atomic E-state index is 0.0630. The minimum atomic E-state index is -0.404. The topological polar surface area (TPSA) is 107 Å². The Labute approximate surface area is 293 Å². The average Bonchev–Trinajstić information content (AvgIpc) is 3.94. The van der Waals surface area contributed by atoms with Crippen molar-refractivity contribution >= 4 is 28.4 Å². The van der Waals surface area contributed by atoms with Crippen molar-refractivity contribution in [1.29, 1.82) is 5.26 Å². The Balaban J connectivity index is 1.04. The molecule has 2 atom stereocenters. The van der Waals surface area contributed by atoms with E-state index in [9.17, 15) is 10.1 Å². The monoisotopic (exact) mass is 673 g/mol. The van der Waals surface area contributed by atoms with E-state index in [1.165, 1.54) is 29.3 Å². The van der Waals surface area contributed by atoms with Crippen LogP contribution in [0, 0.1) is 11.3 Å². The summed E-state index contributed by atoms with van der Waals surface area (Å²) in [6, 6.07) is 26.8. The maximum absolute atomic E-state index is 13.3. The van der Waals surface area contributed by atoms with E-state index in [-0.39, 0.29) is 30.7 Å². The molecule has 0 unspecified atom stereocenters. The van der Waals surface area contributed by atoms with Crippen LogP contribution in [0.25, 0.3) is 10.8 Å². The molecule has 1 aliphatic carbocycles. The van der Waals surface area contributed by atoms with Gasteiger partial charge in [-0.05, 0) is 43.3 Å². The summed E-state index contributed by atoms with van der Waals surface area (Å²) >= 11 is 0. The second-order valence-corrected chi connectivity index (χ2v) is 14.0. The van der Waals surface area contributed by atoms with Crippen molar-refractivity contribution < 1.29 is 19.0 Å². The van der Waals surface area contributed by atoms with Crippen LogP contribution in [0.2, 0.25) is 0 Å². The van der Waals surface area contributed by atoms with E-state index < -0.39 is 6.09 Å². The summed E-state index contributed by atoms with van der Waals surface area (Å²) in [4.78, 5) is 32.0. The van der Waals surface area contributed by atoms with E-state index in [0.29, 0.717) is 38.8 Å². The van der Waals surface area contributed by atoms with Crippen molar-refractivity contribution in [3.63, 3.8) is 0 Å². The highest BCUT2D eigenvalue weighted by Gasteiger charge is 2.50. The van der Waals surface area contributed by atoms with Gasteiger partial charge in [-0.1, -0.05) is 66.7 Å². The van der Waals surface area contributed by atoms with Crippen molar-refractivity contribution in [1.82, 2.24) is 19.8 Å². The van der Waals surface area contributed by atoms with Crippen molar-refractivity contribution in [2.24, 2.45) is 0 Å². The number of morpholine rings is 1. The number of hydrogen-bond donors (Lipinski definition) is 0. The van der Waals surface area contributed by atoms with Gasteiger partial charge in [0, 0.05) is 54.9 Å². The molecule has 0 radical (unpaired) electrons. The Kier molecular flexibility index (Phi) is 8.89. The van der Waals surface area contributed by atoms with E-state index in [2.05, 4.69) is 70.3 Å².